The van der Waals surface area contributed by atoms with Gasteiger partial charge in [-0.05, 0) is 55.5 Å². The van der Waals surface area contributed by atoms with Gasteiger partial charge in [0.15, 0.2) is 0 Å². The number of aryl methyl sites for hydroxylation is 1. The number of anilines is 1. The molecule has 0 atom stereocenters. The molecule has 3 aromatic carbocycles. The zero-order valence-electron chi connectivity index (χ0n) is 19.0. The Labute approximate surface area is 217 Å². The normalized spacial score (nSPS) is 11.8. The van der Waals surface area contributed by atoms with Crippen LogP contribution in [-0.2, 0) is 16.6 Å². The van der Waals surface area contributed by atoms with Gasteiger partial charge >= 0.3 is 0 Å². The number of amides is 1. The fourth-order valence-electron chi connectivity index (χ4n) is 4.23. The number of hydrogen-bond acceptors (Lipinski definition) is 4. The van der Waals surface area contributed by atoms with E-state index in [9.17, 15) is 13.2 Å². The smallest absolute Gasteiger partial charge is 0.256 e. The predicted octanol–water partition coefficient (Wildman–Crippen LogP) is 6.08. The van der Waals surface area contributed by atoms with Crippen molar-refractivity contribution in [1.29, 1.82) is 0 Å². The van der Waals surface area contributed by atoms with Crippen molar-refractivity contribution in [2.24, 2.45) is 5.14 Å². The second kappa shape index (κ2) is 9.22. The van der Waals surface area contributed by atoms with Crippen LogP contribution in [0.25, 0.3) is 33.1 Å². The van der Waals surface area contributed by atoms with E-state index in [0.29, 0.717) is 60.9 Å². The number of nitrogens with zero attached hydrogens (tertiary/aromatic N) is 2. The van der Waals surface area contributed by atoms with E-state index in [0.717, 1.165) is 0 Å². The number of nitrogens with two attached hydrogens (primary N) is 1. The highest BCUT2D eigenvalue weighted by molar-refractivity contribution is 7.89. The average Bonchev–Trinajstić information content (AvgIpc) is 3.22. The zero-order valence-corrected chi connectivity index (χ0v) is 21.3. The summed E-state index contributed by atoms with van der Waals surface area (Å²) < 4.78 is 26.1. The van der Waals surface area contributed by atoms with Gasteiger partial charge in [0, 0.05) is 45.3 Å². The van der Waals surface area contributed by atoms with Crippen LogP contribution in [0.4, 0.5) is 5.69 Å². The summed E-state index contributed by atoms with van der Waals surface area (Å²) in [7, 11) is -3.95. The topological polar surface area (TPSA) is 107 Å². The summed E-state index contributed by atoms with van der Waals surface area (Å²) >= 11 is 12.5. The number of fused-ring (bicyclic) bond motifs is 2. The number of sulfonamides is 1. The van der Waals surface area contributed by atoms with Crippen LogP contribution in [0, 0.1) is 0 Å². The number of carbonyl (C=O) groups is 1. The van der Waals surface area contributed by atoms with Crippen LogP contribution >= 0.6 is 23.2 Å². The lowest BCUT2D eigenvalue weighted by atomic mass is 10.0. The molecular formula is C26H20Cl2N4O3S. The van der Waals surface area contributed by atoms with Gasteiger partial charge in [0.2, 0.25) is 10.0 Å². The molecule has 0 radical (unpaired) electrons. The van der Waals surface area contributed by atoms with Crippen LogP contribution in [-0.4, -0.2) is 23.9 Å². The lowest BCUT2D eigenvalue weighted by Crippen LogP contribution is -2.13. The van der Waals surface area contributed by atoms with Gasteiger partial charge in [-0.3, -0.25) is 4.79 Å². The van der Waals surface area contributed by atoms with Crippen LogP contribution in [0.5, 0.6) is 0 Å². The second-order valence-corrected chi connectivity index (χ2v) is 10.6. The van der Waals surface area contributed by atoms with Crippen LogP contribution in [0.3, 0.4) is 0 Å². The number of nitrogens with one attached hydrogen (secondary N) is 1. The summed E-state index contributed by atoms with van der Waals surface area (Å²) in [5.74, 6) is -0.383. The number of para-hydroxylation sites is 1. The fourth-order valence-corrected chi connectivity index (χ4v) is 5.48. The molecule has 0 bridgehead atoms. The molecular weight excluding hydrogens is 519 g/mol. The first-order chi connectivity index (χ1) is 17.2. The molecule has 0 spiro atoms. The van der Waals surface area contributed by atoms with Gasteiger partial charge in [0.1, 0.15) is 4.90 Å². The lowest BCUT2D eigenvalue weighted by Gasteiger charge is -2.12. The maximum absolute atomic E-state index is 13.5. The number of hydrogen-bond donors (Lipinski definition) is 2. The molecule has 2 heterocycles. The van der Waals surface area contributed by atoms with Gasteiger partial charge in [-0.25, -0.2) is 18.5 Å². The highest BCUT2D eigenvalue weighted by Gasteiger charge is 2.19. The first kappa shape index (κ1) is 24.3. The third-order valence-electron chi connectivity index (χ3n) is 5.92. The Morgan fingerprint density at radius 3 is 2.53 bits per heavy atom. The first-order valence-electron chi connectivity index (χ1n) is 11.0. The van der Waals surface area contributed by atoms with Gasteiger partial charge in [-0.1, -0.05) is 41.4 Å². The Hall–Kier alpha value is -3.43. The van der Waals surface area contributed by atoms with E-state index in [1.54, 1.807) is 47.0 Å². The number of aromatic nitrogens is 2. The molecule has 0 unspecified atom stereocenters. The third kappa shape index (κ3) is 4.44. The molecule has 182 valence electrons. The van der Waals surface area contributed by atoms with Crippen LogP contribution in [0.2, 0.25) is 10.0 Å². The molecule has 0 fully saturated rings. The minimum atomic E-state index is -3.95. The zero-order chi connectivity index (χ0) is 25.6. The molecule has 0 saturated heterocycles. The molecule has 2 aromatic heterocycles. The van der Waals surface area contributed by atoms with Crippen molar-refractivity contribution in [2.45, 2.75) is 18.4 Å². The van der Waals surface area contributed by atoms with Crippen molar-refractivity contribution in [3.63, 3.8) is 0 Å². The summed E-state index contributed by atoms with van der Waals surface area (Å²) in [6.07, 6.45) is 1.50. The number of carbonyl (C=O) groups excluding carboxylic acids is 1. The van der Waals surface area contributed by atoms with Crippen molar-refractivity contribution in [2.75, 3.05) is 5.32 Å². The van der Waals surface area contributed by atoms with E-state index < -0.39 is 10.0 Å². The van der Waals surface area contributed by atoms with Gasteiger partial charge in [-0.2, -0.15) is 0 Å². The molecule has 5 rings (SSSR count). The summed E-state index contributed by atoms with van der Waals surface area (Å²) in [5.41, 5.74) is 3.30. The summed E-state index contributed by atoms with van der Waals surface area (Å²) in [6.45, 7) is 2.47. The van der Waals surface area contributed by atoms with Crippen LogP contribution in [0.15, 0.2) is 77.8 Å². The molecule has 0 aliphatic rings. The molecule has 0 saturated carbocycles. The van der Waals surface area contributed by atoms with Crippen molar-refractivity contribution in [3.8, 4) is 11.3 Å². The van der Waals surface area contributed by atoms with Gasteiger partial charge in [0.25, 0.3) is 5.91 Å². The van der Waals surface area contributed by atoms with E-state index in [4.69, 9.17) is 28.3 Å². The maximum atomic E-state index is 13.5. The highest BCUT2D eigenvalue weighted by Crippen LogP contribution is 2.33. The first-order valence-corrected chi connectivity index (χ1v) is 13.3. The third-order valence-corrected chi connectivity index (χ3v) is 7.40. The summed E-state index contributed by atoms with van der Waals surface area (Å²) in [4.78, 5) is 18.2. The van der Waals surface area contributed by atoms with Crippen molar-refractivity contribution in [1.82, 2.24) is 9.55 Å². The highest BCUT2D eigenvalue weighted by atomic mass is 35.5. The van der Waals surface area contributed by atoms with Crippen LogP contribution < -0.4 is 10.5 Å². The molecule has 0 aliphatic carbocycles. The molecule has 5 aromatic rings. The molecule has 10 heteroatoms. The number of primary sulfonamides is 1. The monoisotopic (exact) mass is 538 g/mol. The number of pyridine rings is 1. The average molecular weight is 539 g/mol. The van der Waals surface area contributed by atoms with E-state index in [2.05, 4.69) is 10.3 Å². The molecule has 3 N–H and O–H groups in total. The van der Waals surface area contributed by atoms with E-state index in [-0.39, 0.29) is 10.8 Å². The SMILES string of the molecule is CCn1cc(S(N)(=O)=O)c2cc(NC(=O)c3cc(-c4ccc(Cl)cc4Cl)nc4ccccc34)ccc21. The van der Waals surface area contributed by atoms with E-state index in [1.165, 1.54) is 6.20 Å². The Morgan fingerprint density at radius 1 is 1.03 bits per heavy atom. The minimum absolute atomic E-state index is 0.00414. The van der Waals surface area contributed by atoms with Crippen molar-refractivity contribution >= 4 is 66.6 Å². The minimum Gasteiger partial charge on any atom is -0.346 e. The Bertz CT molecular complexity index is 1780. The molecule has 1 amide bonds. The maximum Gasteiger partial charge on any atom is 0.256 e. The Balaban J connectivity index is 1.60. The van der Waals surface area contributed by atoms with Crippen LogP contribution in [0.1, 0.15) is 17.3 Å². The Kier molecular flexibility index (Phi) is 6.22. The van der Waals surface area contributed by atoms with Gasteiger partial charge in [-0.15, -0.1) is 0 Å². The molecule has 0 aliphatic heterocycles. The summed E-state index contributed by atoms with van der Waals surface area (Å²) in [6, 6.07) is 19.1. The second-order valence-electron chi connectivity index (χ2n) is 8.21. The van der Waals surface area contributed by atoms with E-state index in [1.807, 2.05) is 31.2 Å². The summed E-state index contributed by atoms with van der Waals surface area (Å²) in [5, 5.41) is 10.3. The molecule has 7 nitrogen and oxygen atoms in total. The van der Waals surface area contributed by atoms with Gasteiger partial charge < -0.3 is 9.88 Å². The van der Waals surface area contributed by atoms with Crippen molar-refractivity contribution in [3.05, 3.63) is 88.5 Å². The predicted molar refractivity (Wildman–Crippen MR) is 144 cm³/mol. The Morgan fingerprint density at radius 2 is 1.81 bits per heavy atom. The number of rotatable bonds is 5. The lowest BCUT2D eigenvalue weighted by molar-refractivity contribution is 0.102. The number of benzene rings is 3. The quantitative estimate of drug-likeness (QED) is 0.282. The van der Waals surface area contributed by atoms with E-state index >= 15 is 0 Å². The number of halogens is 2. The molecule has 36 heavy (non-hydrogen) atoms. The van der Waals surface area contributed by atoms with Gasteiger partial charge in [0.05, 0.1) is 21.8 Å². The fraction of sp³-hybridized carbons (Fsp3) is 0.0769. The largest absolute Gasteiger partial charge is 0.346 e. The standard InChI is InChI=1S/C26H20Cl2N4O3S/c1-2-32-14-25(36(29,34)35)20-12-16(8-10-24(20)32)30-26(33)19-13-23(18-9-7-15(27)11-21(18)28)31-22-6-4-3-5-17(19)22/h3-14H,2H2,1H3,(H,30,33)(H2,29,34,35). The van der Waals surface area contributed by atoms with Crippen molar-refractivity contribution < 1.29 is 13.2 Å².